The van der Waals surface area contributed by atoms with Gasteiger partial charge in [0.25, 0.3) is 0 Å². The fourth-order valence-electron chi connectivity index (χ4n) is 13.6. The molecule has 3 aliphatic rings. The molecule has 20 atom stereocenters. The highest BCUT2D eigenvalue weighted by molar-refractivity contribution is 6.00. The first-order chi connectivity index (χ1) is 54.7. The number of nitrogens with one attached hydrogen (secondary N) is 11. The van der Waals surface area contributed by atoms with E-state index in [9.17, 15) is 113 Å². The first-order valence-corrected chi connectivity index (χ1v) is 40.1. The van der Waals surface area contributed by atoms with E-state index >= 15 is 0 Å². The van der Waals surface area contributed by atoms with E-state index in [0.29, 0.717) is 29.7 Å². The highest BCUT2D eigenvalue weighted by Crippen LogP contribution is 2.25. The maximum atomic E-state index is 14.8. The number of cyclic esters (lactones) is 1. The normalized spacial score (nSPS) is 27.2. The van der Waals surface area contributed by atoms with Crippen LogP contribution in [0.2, 0.25) is 0 Å². The van der Waals surface area contributed by atoms with Crippen LogP contribution in [0.5, 0.6) is 5.75 Å². The fourth-order valence-corrected chi connectivity index (χ4v) is 13.6. The van der Waals surface area contributed by atoms with Gasteiger partial charge in [-0.05, 0) is 110 Å². The summed E-state index contributed by atoms with van der Waals surface area (Å²) in [5.74, 6) is -18.1. The number of benzene rings is 1. The molecule has 3 saturated heterocycles. The van der Waals surface area contributed by atoms with Gasteiger partial charge in [0.15, 0.2) is 0 Å². The Balaban J connectivity index is 1.84. The predicted octanol–water partition coefficient (Wildman–Crippen LogP) is -6.25. The number of fused-ring (bicyclic) bond motifs is 2. The molecule has 654 valence electrons. The Morgan fingerprint density at radius 1 is 0.569 bits per heavy atom. The highest BCUT2D eigenvalue weighted by Gasteiger charge is 2.49. The number of nitrogens with two attached hydrogens (primary N) is 3. The van der Waals surface area contributed by atoms with Crippen molar-refractivity contribution in [3.63, 3.8) is 0 Å². The van der Waals surface area contributed by atoms with Crippen LogP contribution in [-0.4, -0.2) is 293 Å². The molecule has 1 aromatic carbocycles. The SMILES string of the molecule is CCCCCCCCCCCCC[C@@H]1CC(=O)N[C@@H]([C@@H](C)O)C(=O)N[C@H](C)C(=O)N[C@@H](Cc2ccc(O)cc2)C(=O)N[C@@H](C(C)C)C(=O)N2C[C@H](O)C[C@H]2C(=O)N[C@@H]([C@@H](C)O)C(=O)N[C@@H]([C@@H](C)O)C(=O)N2CC[C@H](O)[C@H]2C(=O)N[C@@H]([C@H](O)CC(N)=O)C(=O)NCC(=O)N[C@@H]([C@@H](C)O)C(=O)N[C@@H](CCCNC(=O)C(N)CCCN)C(=O)O1. The van der Waals surface area contributed by atoms with Gasteiger partial charge in [-0.2, -0.15) is 0 Å². The van der Waals surface area contributed by atoms with Gasteiger partial charge in [0.2, 0.25) is 82.7 Å². The summed E-state index contributed by atoms with van der Waals surface area (Å²) >= 11 is 0. The molecule has 116 heavy (non-hydrogen) atoms. The molecule has 40 nitrogen and oxygen atoms in total. The Morgan fingerprint density at radius 2 is 1.09 bits per heavy atom. The number of rotatable bonds is 30. The van der Waals surface area contributed by atoms with Gasteiger partial charge < -0.3 is 131 Å². The first-order valence-electron chi connectivity index (χ1n) is 40.1. The zero-order valence-corrected chi connectivity index (χ0v) is 67.6. The fraction of sp³-hybridized carbons (Fsp3) is 0.724. The summed E-state index contributed by atoms with van der Waals surface area (Å²) in [6.45, 7) is 8.67. The number of hydrogen-bond acceptors (Lipinski definition) is 26. The zero-order chi connectivity index (χ0) is 86.8. The lowest BCUT2D eigenvalue weighted by Crippen LogP contribution is -2.64. The van der Waals surface area contributed by atoms with Crippen molar-refractivity contribution in [2.75, 3.05) is 32.7 Å². The van der Waals surface area contributed by atoms with Crippen molar-refractivity contribution in [1.29, 1.82) is 0 Å². The largest absolute Gasteiger partial charge is 0.508 e. The number of aromatic hydroxyl groups is 1. The summed E-state index contributed by atoms with van der Waals surface area (Å²) in [6.07, 6.45) is -6.36. The second-order valence-electron chi connectivity index (χ2n) is 30.7. The summed E-state index contributed by atoms with van der Waals surface area (Å²) in [6, 6.07) is -15.7. The Hall–Kier alpha value is -9.29. The topological polar surface area (TPSA) is 644 Å². The number of phenols is 1. The van der Waals surface area contributed by atoms with E-state index in [4.69, 9.17) is 21.9 Å². The molecular weight excluding hydrogens is 1520 g/mol. The molecular formula is C76H126N16O24. The second-order valence-corrected chi connectivity index (χ2v) is 30.7. The summed E-state index contributed by atoms with van der Waals surface area (Å²) in [5.41, 5.74) is 17.4. The maximum absolute atomic E-state index is 14.8. The van der Waals surface area contributed by atoms with Crippen molar-refractivity contribution in [2.24, 2.45) is 23.1 Å². The van der Waals surface area contributed by atoms with Crippen LogP contribution in [0, 0.1) is 5.92 Å². The average molecular weight is 1650 g/mol. The predicted molar refractivity (Wildman–Crippen MR) is 416 cm³/mol. The maximum Gasteiger partial charge on any atom is 0.328 e. The van der Waals surface area contributed by atoms with Gasteiger partial charge in [0.05, 0.1) is 68.2 Å². The minimum atomic E-state index is -2.25. The van der Waals surface area contributed by atoms with Crippen LogP contribution < -0.4 is 75.7 Å². The van der Waals surface area contributed by atoms with Gasteiger partial charge in [0.1, 0.15) is 78.3 Å². The molecule has 40 heteroatoms. The van der Waals surface area contributed by atoms with Crippen LogP contribution >= 0.6 is 0 Å². The number of phenolic OH excluding ortho intramolecular Hbond substituents is 1. The summed E-state index contributed by atoms with van der Waals surface area (Å²) in [7, 11) is 0. The van der Waals surface area contributed by atoms with E-state index in [1.807, 2.05) is 0 Å². The molecule has 3 aliphatic heterocycles. The second kappa shape index (κ2) is 49.7. The molecule has 0 bridgehead atoms. The van der Waals surface area contributed by atoms with Crippen LogP contribution in [0.1, 0.15) is 189 Å². The number of primary amides is 1. The standard InChI is InChI=1S/C76H126N16O24/c1-9-10-11-12-13-14-15-16-17-18-19-22-48-35-56(102)85-59(41(5)93)70(109)82-40(4)65(104)84-51(33-45-25-27-46(97)28-26-45)67(106)87-58(39(2)3)74(113)92-38-47(98)34-52(92)68(107)88-61(43(7)95)72(111)89-62(44(8)96)75(114)91-32-29-53(99)64(91)73(112)90-63(54(100)36-55(79)101)69(108)81-37-57(103)86-60(42(6)94)71(110)83-50(76(115)116-48)24-21-31-80-66(105)49(78)23-20-30-77/h25-28,39-44,47-54,58-64,93-100H,9-24,29-38,77-78H2,1-8H3,(H2,79,101)(H,80,105)(H,81,108)(H,82,109)(H,83,110)(H,84,104)(H,85,102)(H,86,103)(H,87,106)(H,88,107)(H,89,111)(H,90,112)/t40-,41-,42-,43-,44-,47-,48-,49?,50+,51+,52+,53+,54-,58+,59+,60+,61+,62+,63+,64+/m1/s1. The highest BCUT2D eigenvalue weighted by atomic mass is 16.5. The molecule has 0 saturated carbocycles. The molecule has 25 N–H and O–H groups in total. The van der Waals surface area contributed by atoms with Crippen molar-refractivity contribution in [1.82, 2.24) is 68.3 Å². The number of aliphatic hydroxyl groups excluding tert-OH is 7. The monoisotopic (exact) mass is 1650 g/mol. The van der Waals surface area contributed by atoms with Crippen LogP contribution in [0.3, 0.4) is 0 Å². The molecule has 14 amide bonds. The Morgan fingerprint density at radius 3 is 1.66 bits per heavy atom. The van der Waals surface area contributed by atoms with E-state index in [1.165, 1.54) is 45.0 Å². The van der Waals surface area contributed by atoms with Gasteiger partial charge in [-0.15, -0.1) is 0 Å². The number of nitrogens with zero attached hydrogens (tertiary/aromatic N) is 2. The van der Waals surface area contributed by atoms with Gasteiger partial charge in [0, 0.05) is 32.5 Å². The van der Waals surface area contributed by atoms with Crippen LogP contribution in [0.4, 0.5) is 0 Å². The number of esters is 1. The minimum Gasteiger partial charge on any atom is -0.508 e. The van der Waals surface area contributed by atoms with Gasteiger partial charge in [-0.3, -0.25) is 67.1 Å². The molecule has 4 rings (SSSR count). The minimum absolute atomic E-state index is 0.0135. The van der Waals surface area contributed by atoms with Gasteiger partial charge >= 0.3 is 5.97 Å². The van der Waals surface area contributed by atoms with Crippen LogP contribution in [0.25, 0.3) is 0 Å². The van der Waals surface area contributed by atoms with E-state index in [1.54, 1.807) is 0 Å². The molecule has 3 heterocycles. The zero-order valence-electron chi connectivity index (χ0n) is 67.6. The van der Waals surface area contributed by atoms with Crippen LogP contribution in [0.15, 0.2) is 24.3 Å². The van der Waals surface area contributed by atoms with E-state index in [0.717, 1.165) is 90.4 Å². The van der Waals surface area contributed by atoms with Crippen molar-refractivity contribution in [2.45, 2.75) is 312 Å². The molecule has 3 fully saturated rings. The lowest BCUT2D eigenvalue weighted by molar-refractivity contribution is -0.155. The molecule has 1 unspecified atom stereocenters. The number of carbonyl (C=O) groups excluding carboxylic acids is 15. The van der Waals surface area contributed by atoms with E-state index in [-0.39, 0.29) is 57.4 Å². The molecule has 0 radical (unpaired) electrons. The van der Waals surface area contributed by atoms with Crippen molar-refractivity contribution in [3.05, 3.63) is 29.8 Å². The Labute approximate surface area is 674 Å². The van der Waals surface area contributed by atoms with Gasteiger partial charge in [-0.25, -0.2) is 4.79 Å². The Kier molecular flexibility index (Phi) is 42.4. The molecule has 0 spiro atoms. The molecule has 1 aromatic rings. The number of amides is 14. The van der Waals surface area contributed by atoms with Crippen molar-refractivity contribution >= 4 is 88.7 Å². The number of hydrogen-bond donors (Lipinski definition) is 22. The number of ether oxygens (including phenoxy) is 1. The quantitative estimate of drug-likeness (QED) is 0.0252. The molecule has 0 aliphatic carbocycles. The number of carbonyl (C=O) groups is 15. The van der Waals surface area contributed by atoms with E-state index in [2.05, 4.69) is 65.4 Å². The summed E-state index contributed by atoms with van der Waals surface area (Å²) in [5, 5.41) is 114. The lowest BCUT2D eigenvalue weighted by atomic mass is 9.99. The number of aliphatic hydroxyl groups is 7. The third-order valence-electron chi connectivity index (χ3n) is 20.3. The summed E-state index contributed by atoms with van der Waals surface area (Å²) < 4.78 is 6.03. The van der Waals surface area contributed by atoms with Gasteiger partial charge in [-0.1, -0.05) is 97.1 Å². The Bertz CT molecular complexity index is 3440. The molecule has 0 aromatic heterocycles. The number of unbranched alkanes of at least 4 members (excludes halogenated alkanes) is 10. The van der Waals surface area contributed by atoms with Crippen molar-refractivity contribution < 1.29 is 118 Å². The van der Waals surface area contributed by atoms with Crippen LogP contribution in [-0.2, 0) is 83.1 Å². The third-order valence-corrected chi connectivity index (χ3v) is 20.3. The van der Waals surface area contributed by atoms with Crippen molar-refractivity contribution in [3.8, 4) is 5.75 Å². The average Bonchev–Trinajstić information content (AvgIpc) is 1.64. The smallest absolute Gasteiger partial charge is 0.328 e. The third kappa shape index (κ3) is 32.3. The van der Waals surface area contributed by atoms with E-state index < -0.39 is 255 Å². The summed E-state index contributed by atoms with van der Waals surface area (Å²) in [4.78, 5) is 213. The first kappa shape index (κ1) is 99.1. The lowest BCUT2D eigenvalue weighted by Gasteiger charge is -2.34.